The molecule has 2 saturated carbocycles. The highest BCUT2D eigenvalue weighted by atomic mass is 14.4. The molecule has 0 aromatic heterocycles. The SMILES string of the molecule is CCCC1CCC(C2CCC(C(C)c3ccc(CC)cc3)CC2)CC1. The van der Waals surface area contributed by atoms with Crippen LogP contribution in [0, 0.1) is 23.7 Å². The van der Waals surface area contributed by atoms with Gasteiger partial charge in [0.15, 0.2) is 0 Å². The first-order chi connectivity index (χ1) is 12.2. The molecule has 1 atom stereocenters. The highest BCUT2D eigenvalue weighted by molar-refractivity contribution is 5.25. The zero-order valence-corrected chi connectivity index (χ0v) is 17.0. The lowest BCUT2D eigenvalue weighted by atomic mass is 9.66. The van der Waals surface area contributed by atoms with Gasteiger partial charge in [0.05, 0.1) is 0 Å². The second-order valence-electron chi connectivity index (χ2n) is 9.13. The van der Waals surface area contributed by atoms with Crippen LogP contribution < -0.4 is 0 Å². The zero-order chi connectivity index (χ0) is 17.6. The summed E-state index contributed by atoms with van der Waals surface area (Å²) in [5, 5.41) is 0. The zero-order valence-electron chi connectivity index (χ0n) is 17.0. The average Bonchev–Trinajstić information content (AvgIpc) is 2.68. The summed E-state index contributed by atoms with van der Waals surface area (Å²) in [6.07, 6.45) is 16.1. The van der Waals surface area contributed by atoms with Crippen LogP contribution in [0.25, 0.3) is 0 Å². The van der Waals surface area contributed by atoms with Crippen LogP contribution in [0.5, 0.6) is 0 Å². The normalized spacial score (nSPS) is 31.6. The fourth-order valence-corrected chi connectivity index (χ4v) is 5.80. The third-order valence-electron chi connectivity index (χ3n) is 7.69. The molecule has 0 saturated heterocycles. The standard InChI is InChI=1S/C25H40/c1-4-6-21-9-13-24(14-10-21)25-17-15-23(16-18-25)19(3)22-11-7-20(5-2)8-12-22/h7-8,11-12,19,21,23-25H,4-6,9-10,13-18H2,1-3H3. The van der Waals surface area contributed by atoms with Crippen LogP contribution in [0.2, 0.25) is 0 Å². The molecular formula is C25H40. The van der Waals surface area contributed by atoms with Crippen LogP contribution in [0.1, 0.15) is 102 Å². The molecule has 0 radical (unpaired) electrons. The summed E-state index contributed by atoms with van der Waals surface area (Å²) in [6.45, 7) is 7.07. The predicted molar refractivity (Wildman–Crippen MR) is 110 cm³/mol. The molecule has 0 amide bonds. The molecule has 0 heteroatoms. The second-order valence-corrected chi connectivity index (χ2v) is 9.13. The van der Waals surface area contributed by atoms with E-state index in [-0.39, 0.29) is 0 Å². The van der Waals surface area contributed by atoms with Gasteiger partial charge in [0.2, 0.25) is 0 Å². The second kappa shape index (κ2) is 9.24. The summed E-state index contributed by atoms with van der Waals surface area (Å²) in [5.74, 6) is 4.83. The molecule has 140 valence electrons. The van der Waals surface area contributed by atoms with Gasteiger partial charge >= 0.3 is 0 Å². The number of hydrogen-bond donors (Lipinski definition) is 0. The molecule has 0 nitrogen and oxygen atoms in total. The van der Waals surface area contributed by atoms with Gasteiger partial charge in [0.25, 0.3) is 0 Å². The first-order valence-electron chi connectivity index (χ1n) is 11.3. The predicted octanol–water partition coefficient (Wildman–Crippen LogP) is 7.77. The Morgan fingerprint density at radius 2 is 1.36 bits per heavy atom. The smallest absolute Gasteiger partial charge is 0.0162 e. The van der Waals surface area contributed by atoms with Gasteiger partial charge in [-0.25, -0.2) is 0 Å². The molecule has 0 aliphatic heterocycles. The summed E-state index contributed by atoms with van der Waals surface area (Å²) in [6, 6.07) is 9.47. The van der Waals surface area contributed by atoms with E-state index in [9.17, 15) is 0 Å². The first kappa shape index (κ1) is 19.0. The number of aryl methyl sites for hydroxylation is 1. The molecule has 1 aromatic rings. The van der Waals surface area contributed by atoms with E-state index in [1.807, 2.05) is 0 Å². The van der Waals surface area contributed by atoms with Gasteiger partial charge in [-0.1, -0.05) is 70.7 Å². The quantitative estimate of drug-likeness (QED) is 0.496. The summed E-state index contributed by atoms with van der Waals surface area (Å²) in [4.78, 5) is 0. The van der Waals surface area contributed by atoms with Crippen molar-refractivity contribution < 1.29 is 0 Å². The van der Waals surface area contributed by atoms with E-state index in [2.05, 4.69) is 45.0 Å². The van der Waals surface area contributed by atoms with Crippen molar-refractivity contribution in [2.75, 3.05) is 0 Å². The average molecular weight is 341 g/mol. The fourth-order valence-electron chi connectivity index (χ4n) is 5.80. The largest absolute Gasteiger partial charge is 0.0654 e. The van der Waals surface area contributed by atoms with Crippen molar-refractivity contribution in [3.63, 3.8) is 0 Å². The molecule has 3 rings (SSSR count). The topological polar surface area (TPSA) is 0 Å². The summed E-state index contributed by atoms with van der Waals surface area (Å²) in [5.41, 5.74) is 3.04. The van der Waals surface area contributed by atoms with Gasteiger partial charge in [-0.2, -0.15) is 0 Å². The number of hydrogen-bond acceptors (Lipinski definition) is 0. The molecule has 2 fully saturated rings. The maximum absolute atomic E-state index is 2.47. The van der Waals surface area contributed by atoms with E-state index in [0.29, 0.717) is 0 Å². The summed E-state index contributed by atoms with van der Waals surface area (Å²) in [7, 11) is 0. The van der Waals surface area contributed by atoms with Gasteiger partial charge in [-0.3, -0.25) is 0 Å². The molecule has 1 unspecified atom stereocenters. The molecule has 25 heavy (non-hydrogen) atoms. The Morgan fingerprint density at radius 1 is 0.800 bits per heavy atom. The van der Waals surface area contributed by atoms with Gasteiger partial charge in [-0.05, 0) is 85.7 Å². The maximum atomic E-state index is 2.47. The maximum Gasteiger partial charge on any atom is -0.0162 e. The van der Waals surface area contributed by atoms with Crippen LogP contribution in [-0.2, 0) is 6.42 Å². The lowest BCUT2D eigenvalue weighted by Crippen LogP contribution is -2.27. The van der Waals surface area contributed by atoms with Crippen molar-refractivity contribution in [2.45, 2.75) is 97.3 Å². The molecule has 0 spiro atoms. The fraction of sp³-hybridized carbons (Fsp3) is 0.760. The molecule has 1 aromatic carbocycles. The van der Waals surface area contributed by atoms with E-state index in [1.54, 1.807) is 5.56 Å². The highest BCUT2D eigenvalue weighted by Crippen LogP contribution is 2.45. The van der Waals surface area contributed by atoms with E-state index >= 15 is 0 Å². The molecule has 2 aliphatic carbocycles. The molecule has 0 N–H and O–H groups in total. The summed E-state index contributed by atoms with van der Waals surface area (Å²) < 4.78 is 0. The van der Waals surface area contributed by atoms with E-state index < -0.39 is 0 Å². The van der Waals surface area contributed by atoms with Crippen molar-refractivity contribution in [1.29, 1.82) is 0 Å². The van der Waals surface area contributed by atoms with Gasteiger partial charge in [-0.15, -0.1) is 0 Å². The Labute approximate surface area is 156 Å². The summed E-state index contributed by atoms with van der Waals surface area (Å²) >= 11 is 0. The molecular weight excluding hydrogens is 300 g/mol. The van der Waals surface area contributed by atoms with Crippen molar-refractivity contribution in [1.82, 2.24) is 0 Å². The van der Waals surface area contributed by atoms with Crippen molar-refractivity contribution in [3.8, 4) is 0 Å². The monoisotopic (exact) mass is 340 g/mol. The highest BCUT2D eigenvalue weighted by Gasteiger charge is 2.32. The number of rotatable bonds is 6. The van der Waals surface area contributed by atoms with Gasteiger partial charge in [0, 0.05) is 0 Å². The minimum atomic E-state index is 0.743. The van der Waals surface area contributed by atoms with E-state index in [4.69, 9.17) is 0 Å². The Bertz CT molecular complexity index is 483. The minimum absolute atomic E-state index is 0.743. The minimum Gasteiger partial charge on any atom is -0.0654 e. The number of benzene rings is 1. The molecule has 0 bridgehead atoms. The van der Waals surface area contributed by atoms with Crippen LogP contribution >= 0.6 is 0 Å². The van der Waals surface area contributed by atoms with Crippen LogP contribution in [0.4, 0.5) is 0 Å². The molecule has 0 heterocycles. The Kier molecular flexibility index (Phi) is 7.02. The lowest BCUT2D eigenvalue weighted by molar-refractivity contribution is 0.137. The van der Waals surface area contributed by atoms with Crippen LogP contribution in [0.15, 0.2) is 24.3 Å². The van der Waals surface area contributed by atoms with E-state index in [1.165, 1.54) is 69.8 Å². The first-order valence-corrected chi connectivity index (χ1v) is 11.3. The van der Waals surface area contributed by atoms with Gasteiger partial charge in [0.1, 0.15) is 0 Å². The van der Waals surface area contributed by atoms with E-state index in [0.717, 1.165) is 36.0 Å². The van der Waals surface area contributed by atoms with Crippen molar-refractivity contribution in [3.05, 3.63) is 35.4 Å². The van der Waals surface area contributed by atoms with Crippen LogP contribution in [0.3, 0.4) is 0 Å². The Hall–Kier alpha value is -0.780. The third-order valence-corrected chi connectivity index (χ3v) is 7.69. The van der Waals surface area contributed by atoms with Crippen LogP contribution in [-0.4, -0.2) is 0 Å². The Morgan fingerprint density at radius 3 is 1.88 bits per heavy atom. The van der Waals surface area contributed by atoms with Gasteiger partial charge < -0.3 is 0 Å². The van der Waals surface area contributed by atoms with Crippen molar-refractivity contribution >= 4 is 0 Å². The lowest BCUT2D eigenvalue weighted by Gasteiger charge is -2.39. The van der Waals surface area contributed by atoms with Crippen molar-refractivity contribution in [2.24, 2.45) is 23.7 Å². The third kappa shape index (κ3) is 4.89. The Balaban J connectivity index is 1.46. The molecule has 2 aliphatic rings.